The maximum Gasteiger partial charge on any atom is 0.267 e. The van der Waals surface area contributed by atoms with Gasteiger partial charge in [0, 0.05) is 16.9 Å². The van der Waals surface area contributed by atoms with Crippen LogP contribution in [0.2, 0.25) is 5.02 Å². The summed E-state index contributed by atoms with van der Waals surface area (Å²) in [5.41, 5.74) is 0.689. The molecule has 1 aromatic carbocycles. The minimum atomic E-state index is -0.617. The van der Waals surface area contributed by atoms with E-state index in [2.05, 4.69) is 10.6 Å². The van der Waals surface area contributed by atoms with Crippen molar-refractivity contribution in [2.24, 2.45) is 0 Å². The van der Waals surface area contributed by atoms with Crippen LogP contribution in [0.25, 0.3) is 0 Å². The van der Waals surface area contributed by atoms with Gasteiger partial charge in [0.2, 0.25) is 0 Å². The Hall–Kier alpha value is -2.03. The van der Waals surface area contributed by atoms with Gasteiger partial charge in [-0.15, -0.1) is 0 Å². The molecule has 0 atom stereocenters. The van der Waals surface area contributed by atoms with E-state index in [1.165, 1.54) is 6.20 Å². The largest absolute Gasteiger partial charge is 0.394 e. The number of hydrogen-bond acceptors (Lipinski definition) is 4. The van der Waals surface area contributed by atoms with Crippen LogP contribution in [0.5, 0.6) is 0 Å². The number of halogens is 1. The average Bonchev–Trinajstić information content (AvgIpc) is 2.43. The van der Waals surface area contributed by atoms with Crippen LogP contribution >= 0.6 is 11.6 Å². The topological polar surface area (TPSA) is 85.2 Å². The van der Waals surface area contributed by atoms with Crippen LogP contribution in [-0.4, -0.2) is 23.2 Å². The van der Waals surface area contributed by atoms with Crippen LogP contribution in [0.15, 0.2) is 30.0 Å². The van der Waals surface area contributed by atoms with Crippen molar-refractivity contribution in [3.8, 4) is 6.07 Å². The molecular formula is C15H18ClN3O2. The number of benzene rings is 1. The number of aryl methyl sites for hydroxylation is 1. The average molecular weight is 308 g/mol. The SMILES string of the molecule is Cc1ccc(Cl)cc1NC(=O)/C(C#N)=C\NC(C)(C)CO. The highest BCUT2D eigenvalue weighted by molar-refractivity contribution is 6.31. The first-order valence-corrected chi connectivity index (χ1v) is 6.73. The summed E-state index contributed by atoms with van der Waals surface area (Å²) in [4.78, 5) is 12.1. The van der Waals surface area contributed by atoms with Crippen molar-refractivity contribution in [3.63, 3.8) is 0 Å². The van der Waals surface area contributed by atoms with E-state index in [0.717, 1.165) is 5.56 Å². The number of amides is 1. The van der Waals surface area contributed by atoms with E-state index < -0.39 is 11.4 Å². The molecule has 0 aromatic heterocycles. The van der Waals surface area contributed by atoms with Gasteiger partial charge in [0.15, 0.2) is 0 Å². The number of nitrogens with one attached hydrogen (secondary N) is 2. The second kappa shape index (κ2) is 7.11. The van der Waals surface area contributed by atoms with Gasteiger partial charge in [-0.25, -0.2) is 0 Å². The Morgan fingerprint density at radius 3 is 2.76 bits per heavy atom. The minimum Gasteiger partial charge on any atom is -0.394 e. The van der Waals surface area contributed by atoms with Gasteiger partial charge in [-0.05, 0) is 38.5 Å². The van der Waals surface area contributed by atoms with E-state index in [1.807, 2.05) is 13.0 Å². The van der Waals surface area contributed by atoms with Gasteiger partial charge in [-0.1, -0.05) is 17.7 Å². The number of aliphatic hydroxyl groups excluding tert-OH is 1. The zero-order valence-electron chi connectivity index (χ0n) is 12.2. The van der Waals surface area contributed by atoms with Gasteiger partial charge in [-0.2, -0.15) is 5.26 Å². The first-order chi connectivity index (χ1) is 9.79. The lowest BCUT2D eigenvalue weighted by molar-refractivity contribution is -0.112. The van der Waals surface area contributed by atoms with E-state index in [0.29, 0.717) is 10.7 Å². The van der Waals surface area contributed by atoms with Crippen LogP contribution in [0.4, 0.5) is 5.69 Å². The van der Waals surface area contributed by atoms with Crippen molar-refractivity contribution in [2.45, 2.75) is 26.3 Å². The van der Waals surface area contributed by atoms with E-state index in [1.54, 1.807) is 32.0 Å². The molecule has 0 bridgehead atoms. The molecule has 0 aliphatic carbocycles. The Bertz CT molecular complexity index is 603. The lowest BCUT2D eigenvalue weighted by Crippen LogP contribution is -2.39. The molecule has 1 amide bonds. The number of anilines is 1. The summed E-state index contributed by atoms with van der Waals surface area (Å²) in [6, 6.07) is 6.94. The maximum absolute atomic E-state index is 12.1. The zero-order valence-corrected chi connectivity index (χ0v) is 13.0. The molecule has 1 rings (SSSR count). The summed E-state index contributed by atoms with van der Waals surface area (Å²) < 4.78 is 0. The summed E-state index contributed by atoms with van der Waals surface area (Å²) in [6.07, 6.45) is 1.30. The second-order valence-corrected chi connectivity index (χ2v) is 5.71. The molecule has 0 saturated carbocycles. The number of rotatable bonds is 5. The fourth-order valence-electron chi connectivity index (χ4n) is 1.38. The molecule has 1 aromatic rings. The molecule has 0 saturated heterocycles. The molecule has 0 fully saturated rings. The number of carbonyl (C=O) groups excluding carboxylic acids is 1. The van der Waals surface area contributed by atoms with Crippen molar-refractivity contribution >= 4 is 23.2 Å². The lowest BCUT2D eigenvalue weighted by Gasteiger charge is -2.22. The summed E-state index contributed by atoms with van der Waals surface area (Å²) in [5, 5.41) is 24.2. The normalized spacial score (nSPS) is 11.7. The molecule has 0 unspecified atom stereocenters. The predicted octanol–water partition coefficient (Wildman–Crippen LogP) is 2.35. The maximum atomic E-state index is 12.1. The first-order valence-electron chi connectivity index (χ1n) is 6.35. The monoisotopic (exact) mass is 307 g/mol. The third kappa shape index (κ3) is 5.10. The quantitative estimate of drug-likeness (QED) is 0.576. The Morgan fingerprint density at radius 1 is 1.52 bits per heavy atom. The Labute approximate surface area is 129 Å². The molecule has 6 heteroatoms. The molecule has 0 aliphatic rings. The number of nitriles is 1. The van der Waals surface area contributed by atoms with Crippen molar-refractivity contribution in [2.75, 3.05) is 11.9 Å². The molecule has 112 valence electrons. The summed E-state index contributed by atoms with van der Waals surface area (Å²) in [7, 11) is 0. The van der Waals surface area contributed by atoms with Crippen LogP contribution in [-0.2, 0) is 4.79 Å². The highest BCUT2D eigenvalue weighted by Crippen LogP contribution is 2.20. The Balaban J connectivity index is 2.88. The second-order valence-electron chi connectivity index (χ2n) is 5.27. The van der Waals surface area contributed by atoms with Gasteiger partial charge in [0.05, 0.1) is 12.1 Å². The number of carbonyl (C=O) groups is 1. The fraction of sp³-hybridized carbons (Fsp3) is 0.333. The molecule has 0 spiro atoms. The Kier molecular flexibility index (Phi) is 5.77. The zero-order chi connectivity index (χ0) is 16.0. The molecular weight excluding hydrogens is 290 g/mol. The predicted molar refractivity (Wildman–Crippen MR) is 82.8 cm³/mol. The van der Waals surface area contributed by atoms with Crippen molar-refractivity contribution in [1.82, 2.24) is 5.32 Å². The van der Waals surface area contributed by atoms with Crippen LogP contribution in [0, 0.1) is 18.3 Å². The van der Waals surface area contributed by atoms with Crippen molar-refractivity contribution in [1.29, 1.82) is 5.26 Å². The van der Waals surface area contributed by atoms with Crippen molar-refractivity contribution < 1.29 is 9.90 Å². The standard InChI is InChI=1S/C15H18ClN3O2/c1-10-4-5-12(16)6-13(10)19-14(21)11(7-17)8-18-15(2,3)9-20/h4-6,8,18,20H,9H2,1-3H3,(H,19,21)/b11-8-. The molecule has 0 aliphatic heterocycles. The fourth-order valence-corrected chi connectivity index (χ4v) is 1.55. The molecule has 0 heterocycles. The van der Waals surface area contributed by atoms with E-state index in [9.17, 15) is 4.79 Å². The highest BCUT2D eigenvalue weighted by atomic mass is 35.5. The first kappa shape index (κ1) is 17.0. The van der Waals surface area contributed by atoms with E-state index in [4.69, 9.17) is 22.0 Å². The molecule has 21 heavy (non-hydrogen) atoms. The smallest absolute Gasteiger partial charge is 0.267 e. The number of nitrogens with zero attached hydrogens (tertiary/aromatic N) is 1. The van der Waals surface area contributed by atoms with E-state index in [-0.39, 0.29) is 12.2 Å². The lowest BCUT2D eigenvalue weighted by atomic mass is 10.1. The van der Waals surface area contributed by atoms with Gasteiger partial charge in [0.1, 0.15) is 11.6 Å². The van der Waals surface area contributed by atoms with Crippen LogP contribution in [0.3, 0.4) is 0 Å². The molecule has 5 nitrogen and oxygen atoms in total. The highest BCUT2D eigenvalue weighted by Gasteiger charge is 2.16. The van der Waals surface area contributed by atoms with Gasteiger partial charge in [0.25, 0.3) is 5.91 Å². The van der Waals surface area contributed by atoms with Crippen LogP contribution < -0.4 is 10.6 Å². The third-order valence-electron chi connectivity index (χ3n) is 2.82. The van der Waals surface area contributed by atoms with Crippen LogP contribution in [0.1, 0.15) is 19.4 Å². The van der Waals surface area contributed by atoms with Gasteiger partial charge >= 0.3 is 0 Å². The van der Waals surface area contributed by atoms with Crippen molar-refractivity contribution in [3.05, 3.63) is 40.6 Å². The number of hydrogen-bond donors (Lipinski definition) is 3. The van der Waals surface area contributed by atoms with E-state index >= 15 is 0 Å². The third-order valence-corrected chi connectivity index (χ3v) is 3.05. The number of aliphatic hydroxyl groups is 1. The summed E-state index contributed by atoms with van der Waals surface area (Å²) >= 11 is 5.88. The van der Waals surface area contributed by atoms with Gasteiger partial charge < -0.3 is 15.7 Å². The molecule has 3 N–H and O–H groups in total. The summed E-state index contributed by atoms with van der Waals surface area (Å²) in [5.74, 6) is -0.538. The minimum absolute atomic E-state index is 0.0871. The Morgan fingerprint density at radius 2 is 2.19 bits per heavy atom. The molecule has 0 radical (unpaired) electrons. The summed E-state index contributed by atoms with van der Waals surface area (Å²) in [6.45, 7) is 5.20. The van der Waals surface area contributed by atoms with Gasteiger partial charge in [-0.3, -0.25) is 4.79 Å².